The van der Waals surface area contributed by atoms with Crippen molar-refractivity contribution in [1.82, 2.24) is 0 Å². The molecule has 1 aromatic rings. The van der Waals surface area contributed by atoms with Crippen molar-refractivity contribution >= 4 is 17.4 Å². The molecule has 0 heterocycles. The third-order valence-corrected chi connectivity index (χ3v) is 2.23. The van der Waals surface area contributed by atoms with Crippen LogP contribution in [0.15, 0.2) is 36.4 Å². The second-order valence-corrected chi connectivity index (χ2v) is 3.63. The second-order valence-electron chi connectivity index (χ2n) is 3.19. The third kappa shape index (κ3) is 2.71. The average Bonchev–Trinajstić information content (AvgIpc) is 2.18. The maximum atomic E-state index is 11.7. The highest BCUT2D eigenvalue weighted by Gasteiger charge is 2.08. The summed E-state index contributed by atoms with van der Waals surface area (Å²) >= 11 is 5.72. The fraction of sp³-hybridized carbons (Fsp3) is 0.250. The maximum Gasteiger partial charge on any atom is 0.188 e. The number of Topliss-reactive ketones (excluding diaryl/α,β-unsaturated/α-hetero) is 1. The monoisotopic (exact) mass is 208 g/mol. The summed E-state index contributed by atoms with van der Waals surface area (Å²) in [4.78, 5) is 11.7. The van der Waals surface area contributed by atoms with Gasteiger partial charge in [-0.05, 0) is 36.3 Å². The zero-order chi connectivity index (χ0) is 10.6. The number of carbonyl (C=O) groups excluding carboxylic acids is 1. The van der Waals surface area contributed by atoms with Crippen LogP contribution >= 0.6 is 11.6 Å². The topological polar surface area (TPSA) is 17.1 Å². The van der Waals surface area contributed by atoms with E-state index < -0.39 is 0 Å². The average molecular weight is 209 g/mol. The van der Waals surface area contributed by atoms with Crippen molar-refractivity contribution in [3.8, 4) is 0 Å². The minimum atomic E-state index is 0.0171. The number of hydrogen-bond donors (Lipinski definition) is 0. The van der Waals surface area contributed by atoms with Crippen LogP contribution in [0.5, 0.6) is 0 Å². The van der Waals surface area contributed by atoms with Crippen LogP contribution in [0.4, 0.5) is 0 Å². The Labute approximate surface area is 89.4 Å². The van der Waals surface area contributed by atoms with E-state index in [0.29, 0.717) is 16.2 Å². The van der Waals surface area contributed by atoms with E-state index in [1.807, 2.05) is 6.92 Å². The van der Waals surface area contributed by atoms with Crippen LogP contribution < -0.4 is 0 Å². The first-order chi connectivity index (χ1) is 6.65. The molecule has 0 N–H and O–H groups in total. The Morgan fingerprint density at radius 2 is 1.93 bits per heavy atom. The van der Waals surface area contributed by atoms with Gasteiger partial charge in [-0.25, -0.2) is 0 Å². The van der Waals surface area contributed by atoms with Crippen molar-refractivity contribution in [1.29, 1.82) is 0 Å². The predicted octanol–water partition coefficient (Wildman–Crippen LogP) is 3.88. The molecule has 0 aliphatic heterocycles. The fourth-order valence-electron chi connectivity index (χ4n) is 1.22. The van der Waals surface area contributed by atoms with E-state index in [2.05, 4.69) is 6.58 Å². The molecule has 0 bridgehead atoms. The van der Waals surface area contributed by atoms with E-state index in [4.69, 9.17) is 11.6 Å². The highest BCUT2D eigenvalue weighted by molar-refractivity contribution is 6.30. The molecular formula is C12H13ClO. The Morgan fingerprint density at radius 3 is 2.43 bits per heavy atom. The molecule has 0 amide bonds. The normalized spacial score (nSPS) is 9.86. The van der Waals surface area contributed by atoms with Crippen LogP contribution in [0.25, 0.3) is 0 Å². The van der Waals surface area contributed by atoms with Crippen LogP contribution in [0, 0.1) is 0 Å². The first-order valence-corrected chi connectivity index (χ1v) is 5.01. The lowest BCUT2D eigenvalue weighted by Crippen LogP contribution is -2.01. The minimum Gasteiger partial charge on any atom is -0.289 e. The molecule has 2 heteroatoms. The molecule has 0 unspecified atom stereocenters. The molecule has 1 aromatic carbocycles. The van der Waals surface area contributed by atoms with Gasteiger partial charge in [0.15, 0.2) is 5.78 Å². The fourth-order valence-corrected chi connectivity index (χ4v) is 1.35. The lowest BCUT2D eigenvalue weighted by Gasteiger charge is -2.02. The molecule has 0 saturated heterocycles. The van der Waals surface area contributed by atoms with E-state index in [0.717, 1.165) is 12.8 Å². The molecule has 1 rings (SSSR count). The van der Waals surface area contributed by atoms with Crippen molar-refractivity contribution < 1.29 is 4.79 Å². The number of hydrogen-bond acceptors (Lipinski definition) is 1. The Hall–Kier alpha value is -1.08. The van der Waals surface area contributed by atoms with Crippen molar-refractivity contribution in [2.45, 2.75) is 19.8 Å². The van der Waals surface area contributed by atoms with Gasteiger partial charge in [0.05, 0.1) is 0 Å². The molecule has 1 nitrogen and oxygen atoms in total. The number of rotatable bonds is 4. The van der Waals surface area contributed by atoms with E-state index in [-0.39, 0.29) is 5.78 Å². The van der Waals surface area contributed by atoms with Crippen LogP contribution in [-0.4, -0.2) is 5.78 Å². The van der Waals surface area contributed by atoms with Crippen LogP contribution in [0.1, 0.15) is 30.1 Å². The van der Waals surface area contributed by atoms with Gasteiger partial charge in [0, 0.05) is 10.6 Å². The Bertz CT molecular complexity index is 338. The summed E-state index contributed by atoms with van der Waals surface area (Å²) in [5, 5.41) is 0.641. The van der Waals surface area contributed by atoms with Gasteiger partial charge < -0.3 is 0 Å². The number of ketones is 1. The summed E-state index contributed by atoms with van der Waals surface area (Å²) in [6, 6.07) is 6.89. The van der Waals surface area contributed by atoms with Crippen LogP contribution in [-0.2, 0) is 0 Å². The highest BCUT2D eigenvalue weighted by atomic mass is 35.5. The first kappa shape index (κ1) is 11.0. The molecule has 74 valence electrons. The summed E-state index contributed by atoms with van der Waals surface area (Å²) in [5.74, 6) is 0.0171. The molecule has 0 aliphatic rings. The van der Waals surface area contributed by atoms with E-state index in [1.165, 1.54) is 0 Å². The first-order valence-electron chi connectivity index (χ1n) is 4.63. The maximum absolute atomic E-state index is 11.7. The Kier molecular flexibility index (Phi) is 3.90. The lowest BCUT2D eigenvalue weighted by atomic mass is 10.0. The summed E-state index contributed by atoms with van der Waals surface area (Å²) in [5.41, 5.74) is 1.32. The van der Waals surface area contributed by atoms with E-state index in [9.17, 15) is 4.79 Å². The summed E-state index contributed by atoms with van der Waals surface area (Å²) in [6.07, 6.45) is 1.69. The molecular weight excluding hydrogens is 196 g/mol. The van der Waals surface area contributed by atoms with Crippen molar-refractivity contribution in [2.75, 3.05) is 0 Å². The summed E-state index contributed by atoms with van der Waals surface area (Å²) < 4.78 is 0. The quantitative estimate of drug-likeness (QED) is 0.542. The molecule has 14 heavy (non-hydrogen) atoms. The van der Waals surface area contributed by atoms with Crippen molar-refractivity contribution in [2.24, 2.45) is 0 Å². The van der Waals surface area contributed by atoms with Gasteiger partial charge in [-0.1, -0.05) is 31.5 Å². The van der Waals surface area contributed by atoms with Crippen LogP contribution in [0.2, 0.25) is 5.02 Å². The van der Waals surface area contributed by atoms with Gasteiger partial charge in [-0.3, -0.25) is 4.79 Å². The van der Waals surface area contributed by atoms with Crippen molar-refractivity contribution in [3.05, 3.63) is 47.0 Å². The molecule has 0 spiro atoms. The molecule has 0 radical (unpaired) electrons. The zero-order valence-corrected chi connectivity index (χ0v) is 8.97. The Morgan fingerprint density at radius 1 is 1.36 bits per heavy atom. The predicted molar refractivity (Wildman–Crippen MR) is 59.8 cm³/mol. The van der Waals surface area contributed by atoms with Crippen molar-refractivity contribution in [3.63, 3.8) is 0 Å². The van der Waals surface area contributed by atoms with Gasteiger partial charge in [-0.2, -0.15) is 0 Å². The van der Waals surface area contributed by atoms with Gasteiger partial charge in [-0.15, -0.1) is 0 Å². The zero-order valence-electron chi connectivity index (χ0n) is 8.22. The molecule has 0 aliphatic carbocycles. The smallest absolute Gasteiger partial charge is 0.188 e. The number of benzene rings is 1. The molecule has 0 fully saturated rings. The van der Waals surface area contributed by atoms with E-state index >= 15 is 0 Å². The van der Waals surface area contributed by atoms with Gasteiger partial charge in [0.2, 0.25) is 0 Å². The second kappa shape index (κ2) is 4.97. The highest BCUT2D eigenvalue weighted by Crippen LogP contribution is 2.14. The number of carbonyl (C=O) groups is 1. The standard InChI is InChI=1S/C12H13ClO/c1-3-4-9(2)12(14)10-5-7-11(13)8-6-10/h5-8H,2-4H2,1H3. The van der Waals surface area contributed by atoms with Gasteiger partial charge in [0.25, 0.3) is 0 Å². The van der Waals surface area contributed by atoms with Gasteiger partial charge >= 0.3 is 0 Å². The van der Waals surface area contributed by atoms with Crippen LogP contribution in [0.3, 0.4) is 0 Å². The SMILES string of the molecule is C=C(CCC)C(=O)c1ccc(Cl)cc1. The largest absolute Gasteiger partial charge is 0.289 e. The summed E-state index contributed by atoms with van der Waals surface area (Å²) in [7, 11) is 0. The summed E-state index contributed by atoms with van der Waals surface area (Å²) in [6.45, 7) is 5.79. The Balaban J connectivity index is 2.79. The molecule has 0 saturated carbocycles. The van der Waals surface area contributed by atoms with Gasteiger partial charge in [0.1, 0.15) is 0 Å². The lowest BCUT2D eigenvalue weighted by molar-refractivity contribution is 0.103. The third-order valence-electron chi connectivity index (χ3n) is 1.98. The number of halogens is 1. The molecule has 0 atom stereocenters. The van der Waals surface area contributed by atoms with E-state index in [1.54, 1.807) is 24.3 Å². The molecule has 0 aromatic heterocycles. The number of allylic oxidation sites excluding steroid dienone is 1. The minimum absolute atomic E-state index is 0.0171.